The Morgan fingerprint density at radius 1 is 0.309 bits per heavy atom. The van der Waals surface area contributed by atoms with Crippen LogP contribution in [-0.2, 0) is 129 Å². The van der Waals surface area contributed by atoms with Crippen LogP contribution in [0.5, 0.6) is 0 Å². The Labute approximate surface area is 854 Å². The number of aromatic nitrogens is 27. The summed E-state index contributed by atoms with van der Waals surface area (Å²) in [6.45, 7) is 2.56. The minimum absolute atomic E-state index is 0.0313. The highest BCUT2D eigenvalue weighted by Gasteiger charge is 2.55. The van der Waals surface area contributed by atoms with E-state index in [1.165, 1.54) is 61.2 Å². The number of hydrogen-bond donors (Lipinski definition) is 12. The largest absolute Gasteiger partial charge is 0.394 e. The molecular weight excluding hydrogens is 1960 g/mol. The molecule has 24 rings (SSSR count). The Morgan fingerprint density at radius 2 is 0.631 bits per heavy atom. The lowest BCUT2D eigenvalue weighted by Crippen LogP contribution is -2.57. The van der Waals surface area contributed by atoms with Crippen molar-refractivity contribution in [3.05, 3.63) is 272 Å². The normalized spacial score (nSPS) is 26.6. The number of aliphatic hydroxyl groups excluding tert-OH is 12. The van der Waals surface area contributed by atoms with Crippen LogP contribution in [0, 0.1) is 0 Å². The number of imidazole rings is 1. The summed E-state index contributed by atoms with van der Waals surface area (Å²) in [6, 6.07) is 62.7. The van der Waals surface area contributed by atoms with Gasteiger partial charge >= 0.3 is 0 Å². The molecule has 0 bridgehead atoms. The molecule has 51 nitrogen and oxygen atoms in total. The number of para-hydroxylation sites is 2. The predicted octanol–water partition coefficient (Wildman–Crippen LogP) is 1.98. The molecule has 0 saturated carbocycles. The van der Waals surface area contributed by atoms with Gasteiger partial charge in [0, 0.05) is 57.6 Å². The zero-order chi connectivity index (χ0) is 104. The average molecular weight is 2080 g/mol. The van der Waals surface area contributed by atoms with Crippen LogP contribution in [-0.4, -0.2) is 351 Å². The molecule has 8 fully saturated rings. The molecule has 0 radical (unpaired) electrons. The van der Waals surface area contributed by atoms with Crippen molar-refractivity contribution in [2.45, 2.75) is 172 Å². The van der Waals surface area contributed by atoms with Crippen LogP contribution in [0.4, 0.5) is 0 Å². The first-order valence-electron chi connectivity index (χ1n) is 48.0. The summed E-state index contributed by atoms with van der Waals surface area (Å²) in [7, 11) is 0. The lowest BCUT2D eigenvalue weighted by Gasteiger charge is -2.47. The molecule has 12 N–H and O–H groups in total. The monoisotopic (exact) mass is 2080 g/mol. The maximum absolute atomic E-state index is 9.87. The third-order valence-electron chi connectivity index (χ3n) is 25.9. The average Bonchev–Trinajstić information content (AvgIpc) is 1.64. The van der Waals surface area contributed by atoms with Gasteiger partial charge in [0.2, 0.25) is 11.4 Å². The molecule has 149 heavy (non-hydrogen) atoms. The number of ether oxygens (including phenoxy) is 12. The Balaban J connectivity index is 0.000000117. The minimum Gasteiger partial charge on any atom is -0.394 e. The van der Waals surface area contributed by atoms with Gasteiger partial charge in [0.15, 0.2) is 45.2 Å². The Morgan fingerprint density at radius 3 is 0.987 bits per heavy atom. The molecule has 0 amide bonds. The molecule has 0 aliphatic carbocycles. The molecule has 0 spiro atoms. The molecule has 17 heterocycles. The lowest BCUT2D eigenvalue weighted by molar-refractivity contribution is -0.294. The second kappa shape index (κ2) is 49.7. The fraction of sp³-hybridized carbons (Fsp3) is 0.454. The van der Waals surface area contributed by atoms with Gasteiger partial charge in [-0.15, -0.1) is 35.1 Å². The maximum Gasteiger partial charge on any atom is 0.205 e. The molecule has 8 aliphatic rings. The summed E-state index contributed by atoms with van der Waals surface area (Å²) in [5, 5.41) is 173. The highest BCUT2D eigenvalue weighted by atomic mass is 35.5. The minimum atomic E-state index is -0.882. The molecule has 16 aromatic rings. The number of aliphatic hydroxyl groups is 12. The summed E-state index contributed by atoms with van der Waals surface area (Å²) >= 11 is 6.03. The molecule has 8 saturated heterocycles. The van der Waals surface area contributed by atoms with Crippen molar-refractivity contribution in [3.8, 4) is 0 Å². The van der Waals surface area contributed by atoms with Crippen molar-refractivity contribution in [3.63, 3.8) is 0 Å². The molecule has 9 aromatic heterocycles. The summed E-state index contributed by atoms with van der Waals surface area (Å²) in [6.07, 6.45) is 15.5. The van der Waals surface area contributed by atoms with Gasteiger partial charge in [0.1, 0.15) is 46.6 Å². The van der Waals surface area contributed by atoms with Crippen LogP contribution < -0.4 is 0 Å². The van der Waals surface area contributed by atoms with Gasteiger partial charge in [-0.05, 0) is 79.5 Å². The van der Waals surface area contributed by atoms with E-state index in [1.807, 2.05) is 194 Å². The Bertz CT molecular complexity index is 6500. The lowest BCUT2D eigenvalue weighted by atomic mass is 9.98. The van der Waals surface area contributed by atoms with E-state index in [0.717, 1.165) is 55.4 Å². The number of hydrogen-bond acceptors (Lipinski definition) is 43. The summed E-state index contributed by atoms with van der Waals surface area (Å²) in [4.78, 5) is 15.2. The van der Waals surface area contributed by atoms with Crippen LogP contribution in [0.2, 0.25) is 5.15 Å². The first-order chi connectivity index (χ1) is 72.8. The van der Waals surface area contributed by atoms with Crippen LogP contribution in [0.15, 0.2) is 244 Å². The summed E-state index contributed by atoms with van der Waals surface area (Å²) < 4.78 is 77.0. The third-order valence-corrected chi connectivity index (χ3v) is 26.2. The van der Waals surface area contributed by atoms with E-state index in [-0.39, 0.29) is 133 Å². The number of fused-ring (bicyclic) bond motifs is 4. The second-order valence-corrected chi connectivity index (χ2v) is 36.6. The van der Waals surface area contributed by atoms with Gasteiger partial charge in [-0.3, -0.25) is 4.57 Å². The van der Waals surface area contributed by atoms with Crippen molar-refractivity contribution >= 4 is 55.9 Å². The summed E-state index contributed by atoms with van der Waals surface area (Å²) in [5.74, 6) is 0. The van der Waals surface area contributed by atoms with Crippen LogP contribution >= 0.6 is 11.6 Å². The molecule has 7 aromatic carbocycles. The standard InChI is InChI=1S/2C18H19N3O3.C17H17ClN4O3.C13H16N4O3.C11H13N3O3.2C7H11N3O3.C6H10N4O3/c22-13-18(21-17-9-5-4-8-16(17)19-20-21)10-15(24-18)12-23-11-14-6-2-1-3-7-14;22-13-18(21-19-16-8-4-5-9-17(16)20-21)10-15(24-18)12-23-11-14-6-2-1-3-7-14;18-15-14-16(20-10-19-15)22(11-21-14)17(9-23)6-13(25-17)8-24-7-12-4-2-1-3-5-12;18-9-13(17-10-14-15-16-17)6-12(20-13)8-19-7-11-4-2-1-3-5-11;15-6-8-5-11(7-16,17-8)14-10-4-2-1-3-9(10)12-13-14;11-4-6-3-7(5-12,13-6)10-2-1-8-9-10;11-4-6-3-7(5-12,13-6)10-8-1-2-9-10;11-2-5-1-6(3-12,13-5)10-4-7-8-9-10/h2*1-9,15,22H,10-13H2;1-5,10-11,13,23H,6-9H2;1-5,10,12,18H,6-9H2;1-4,8,15-16H,5-7H2;2*1-2,6,11-12H,3-5H2;4-5,11-12H,1-3H2/t2*15-,18+;13-,17+;;8-,11+;;;/m000.0.../s1. The smallest absolute Gasteiger partial charge is 0.205 e. The Kier molecular flexibility index (Phi) is 35.8. The van der Waals surface area contributed by atoms with E-state index < -0.39 is 45.8 Å². The fourth-order valence-corrected chi connectivity index (χ4v) is 18.3. The number of benzene rings is 7. The van der Waals surface area contributed by atoms with E-state index in [4.69, 9.17) is 104 Å². The fourth-order valence-electron chi connectivity index (χ4n) is 18.1. The van der Waals surface area contributed by atoms with Gasteiger partial charge in [0.05, 0.1) is 217 Å². The highest BCUT2D eigenvalue weighted by molar-refractivity contribution is 6.33. The van der Waals surface area contributed by atoms with E-state index in [9.17, 15) is 25.5 Å². The zero-order valence-electron chi connectivity index (χ0n) is 80.7. The molecular formula is C97H116ClN27O24. The highest BCUT2D eigenvalue weighted by Crippen LogP contribution is 2.45. The zero-order valence-corrected chi connectivity index (χ0v) is 81.5. The number of tetrazole rings is 2. The molecule has 52 heteroatoms. The van der Waals surface area contributed by atoms with Crippen molar-refractivity contribution < 1.29 is 118 Å². The third kappa shape index (κ3) is 24.4. The van der Waals surface area contributed by atoms with Gasteiger partial charge in [0.25, 0.3) is 0 Å². The van der Waals surface area contributed by atoms with Crippen molar-refractivity contribution in [1.29, 1.82) is 0 Å². The SMILES string of the molecule is OCC1(n2cnnn2)CC(COCc2ccccc2)O1.OCC1CC(CO)(n2ccnn2)O1.OCC1CC(CO)(n2cnnn2)O1.OCC1CC(CO)(n2nccn2)O1.OC[C@@H]1C[C@@](CO)(n2nnc3ccccc32)O1.OC[C@@]1(n2cnc3c(Cl)ncnc32)C[C@@H](COCc2ccccc2)O1.OC[C@@]1(n2nc3ccccc3n2)C[C@@H](COCc2ccccc2)O1.OC[C@@]1(n2nnc3ccccc32)C[C@@H](COCc2ccccc2)O1. The van der Waals surface area contributed by atoms with E-state index in [2.05, 4.69) is 97.3 Å². The second-order valence-electron chi connectivity index (χ2n) is 36.2. The van der Waals surface area contributed by atoms with Crippen molar-refractivity contribution in [2.75, 3.05) is 106 Å². The van der Waals surface area contributed by atoms with Crippen molar-refractivity contribution in [2.24, 2.45) is 0 Å². The van der Waals surface area contributed by atoms with E-state index >= 15 is 0 Å². The maximum atomic E-state index is 9.87. The Hall–Kier alpha value is -13.0. The number of halogens is 1. The van der Waals surface area contributed by atoms with Crippen LogP contribution in [0.3, 0.4) is 0 Å². The van der Waals surface area contributed by atoms with E-state index in [0.29, 0.717) is 115 Å². The van der Waals surface area contributed by atoms with Gasteiger partial charge in [-0.1, -0.05) is 185 Å². The molecule has 16 atom stereocenters. The van der Waals surface area contributed by atoms with Crippen LogP contribution in [0.1, 0.15) is 73.6 Å². The quantitative estimate of drug-likeness (QED) is 0.0250. The van der Waals surface area contributed by atoms with Gasteiger partial charge in [-0.2, -0.15) is 29.8 Å². The molecule has 790 valence electrons. The van der Waals surface area contributed by atoms with Gasteiger partial charge < -0.3 is 118 Å². The van der Waals surface area contributed by atoms with E-state index in [1.54, 1.807) is 26.5 Å². The molecule has 8 unspecified atom stereocenters. The predicted molar refractivity (Wildman–Crippen MR) is 518 cm³/mol. The number of nitrogens with zero attached hydrogens (tertiary/aromatic N) is 27. The van der Waals surface area contributed by atoms with Gasteiger partial charge in [-0.25, -0.2) is 29.0 Å². The van der Waals surface area contributed by atoms with Crippen LogP contribution in [0.25, 0.3) is 44.3 Å². The first kappa shape index (κ1) is 107. The topological polar surface area (TPSA) is 638 Å². The molecule has 8 aliphatic heterocycles. The first-order valence-corrected chi connectivity index (χ1v) is 48.4. The summed E-state index contributed by atoms with van der Waals surface area (Å²) in [5.41, 5.74) is 3.52. The number of rotatable bonds is 36. The van der Waals surface area contributed by atoms with Crippen molar-refractivity contribution in [1.82, 2.24) is 135 Å².